The molecular formula is C22H23BrN2O2. The molecule has 27 heavy (non-hydrogen) atoms. The van der Waals surface area contributed by atoms with Crippen LogP contribution in [0.4, 0.5) is 0 Å². The zero-order valence-corrected chi connectivity index (χ0v) is 16.7. The molecule has 2 fully saturated rings. The molecule has 2 amide bonds. The summed E-state index contributed by atoms with van der Waals surface area (Å²) >= 11 is 3.46. The number of benzene rings is 2. The van der Waals surface area contributed by atoms with Crippen molar-refractivity contribution in [1.29, 1.82) is 0 Å². The Bertz CT molecular complexity index is 823. The second kappa shape index (κ2) is 7.47. The lowest BCUT2D eigenvalue weighted by Crippen LogP contribution is -2.49. The van der Waals surface area contributed by atoms with Crippen LogP contribution in [-0.2, 0) is 10.2 Å². The van der Waals surface area contributed by atoms with Gasteiger partial charge in [0.1, 0.15) is 0 Å². The highest BCUT2D eigenvalue weighted by atomic mass is 79.9. The van der Waals surface area contributed by atoms with Crippen molar-refractivity contribution in [3.8, 4) is 0 Å². The topological polar surface area (TPSA) is 49.4 Å². The fourth-order valence-corrected chi connectivity index (χ4v) is 4.17. The van der Waals surface area contributed by atoms with Gasteiger partial charge in [0.15, 0.2) is 0 Å². The van der Waals surface area contributed by atoms with E-state index in [1.807, 2.05) is 47.4 Å². The summed E-state index contributed by atoms with van der Waals surface area (Å²) in [4.78, 5) is 27.4. The summed E-state index contributed by atoms with van der Waals surface area (Å²) in [5.74, 6) is 0.214. The molecule has 1 aliphatic carbocycles. The Hall–Kier alpha value is -2.14. The van der Waals surface area contributed by atoms with Crippen LogP contribution < -0.4 is 5.32 Å². The van der Waals surface area contributed by atoms with Crippen molar-refractivity contribution in [3.05, 3.63) is 70.2 Å². The highest BCUT2D eigenvalue weighted by Crippen LogP contribution is 2.50. The van der Waals surface area contributed by atoms with Gasteiger partial charge >= 0.3 is 0 Å². The first-order chi connectivity index (χ1) is 13.1. The van der Waals surface area contributed by atoms with E-state index in [2.05, 4.69) is 33.4 Å². The van der Waals surface area contributed by atoms with Gasteiger partial charge < -0.3 is 10.2 Å². The fourth-order valence-electron chi connectivity index (χ4n) is 3.91. The Labute approximate surface area is 168 Å². The predicted molar refractivity (Wildman–Crippen MR) is 109 cm³/mol. The molecule has 2 aromatic rings. The quantitative estimate of drug-likeness (QED) is 0.805. The number of halogens is 1. The number of nitrogens with zero attached hydrogens (tertiary/aromatic N) is 1. The summed E-state index contributed by atoms with van der Waals surface area (Å²) in [6, 6.07) is 17.5. The van der Waals surface area contributed by atoms with Crippen molar-refractivity contribution >= 4 is 27.7 Å². The molecular weight excluding hydrogens is 404 g/mol. The zero-order valence-electron chi connectivity index (χ0n) is 15.2. The number of carbonyl (C=O) groups excluding carboxylic acids is 2. The lowest BCUT2D eigenvalue weighted by atomic mass is 9.93. The van der Waals surface area contributed by atoms with Crippen molar-refractivity contribution in [1.82, 2.24) is 10.2 Å². The van der Waals surface area contributed by atoms with Gasteiger partial charge in [-0.3, -0.25) is 9.59 Å². The van der Waals surface area contributed by atoms with E-state index in [4.69, 9.17) is 0 Å². The summed E-state index contributed by atoms with van der Waals surface area (Å²) in [6.45, 7) is 1.41. The number of amides is 2. The van der Waals surface area contributed by atoms with Crippen molar-refractivity contribution in [2.75, 3.05) is 13.1 Å². The number of hydrogen-bond acceptors (Lipinski definition) is 2. The molecule has 0 unspecified atom stereocenters. The fraction of sp³-hybridized carbons (Fsp3) is 0.364. The first-order valence-electron chi connectivity index (χ1n) is 9.50. The van der Waals surface area contributed by atoms with Crippen LogP contribution in [0, 0.1) is 0 Å². The third-order valence-electron chi connectivity index (χ3n) is 5.71. The summed E-state index contributed by atoms with van der Waals surface area (Å²) in [5.41, 5.74) is 1.49. The van der Waals surface area contributed by atoms with Gasteiger partial charge in [0, 0.05) is 29.2 Å². The van der Waals surface area contributed by atoms with Gasteiger partial charge in [-0.2, -0.15) is 0 Å². The highest BCUT2D eigenvalue weighted by Gasteiger charge is 2.53. The van der Waals surface area contributed by atoms with Gasteiger partial charge in [-0.25, -0.2) is 0 Å². The van der Waals surface area contributed by atoms with E-state index in [1.165, 1.54) is 0 Å². The second-order valence-electron chi connectivity index (χ2n) is 7.49. The molecule has 1 saturated carbocycles. The molecule has 5 heteroatoms. The standard InChI is InChI=1S/C22H23BrN2O2/c23-18-8-6-17(7-9-18)22(12-13-22)21(27)25-14-10-19(11-15-25)24-20(26)16-4-2-1-3-5-16/h1-9,19H,10-15H2,(H,24,26). The number of rotatable bonds is 4. The van der Waals surface area contributed by atoms with Crippen LogP contribution in [0.25, 0.3) is 0 Å². The first-order valence-corrected chi connectivity index (χ1v) is 10.3. The number of carbonyl (C=O) groups is 2. The number of piperidine rings is 1. The molecule has 1 saturated heterocycles. The Morgan fingerprint density at radius 1 is 0.963 bits per heavy atom. The monoisotopic (exact) mass is 426 g/mol. The summed E-state index contributed by atoms with van der Waals surface area (Å²) in [6.07, 6.45) is 3.47. The number of nitrogens with one attached hydrogen (secondary N) is 1. The summed E-state index contributed by atoms with van der Waals surface area (Å²) in [5, 5.41) is 3.10. The Kier molecular flexibility index (Phi) is 5.04. The Morgan fingerprint density at radius 3 is 2.19 bits per heavy atom. The SMILES string of the molecule is O=C(NC1CCN(C(=O)C2(c3ccc(Br)cc3)CC2)CC1)c1ccccc1. The van der Waals surface area contributed by atoms with Crippen molar-refractivity contribution in [2.45, 2.75) is 37.1 Å². The van der Waals surface area contributed by atoms with E-state index in [1.54, 1.807) is 0 Å². The first kappa shape index (κ1) is 18.2. The minimum Gasteiger partial charge on any atom is -0.349 e. The Balaban J connectivity index is 1.34. The molecule has 140 valence electrons. The van der Waals surface area contributed by atoms with Crippen LogP contribution in [0.15, 0.2) is 59.1 Å². The maximum atomic E-state index is 13.1. The van der Waals surface area contributed by atoms with Crippen molar-refractivity contribution in [3.63, 3.8) is 0 Å². The summed E-state index contributed by atoms with van der Waals surface area (Å²) < 4.78 is 1.03. The average Bonchev–Trinajstić information content (AvgIpc) is 3.51. The van der Waals surface area contributed by atoms with Crippen molar-refractivity contribution < 1.29 is 9.59 Å². The predicted octanol–water partition coefficient (Wildman–Crippen LogP) is 3.90. The zero-order chi connectivity index (χ0) is 18.9. The van der Waals surface area contributed by atoms with Gasteiger partial charge in [-0.1, -0.05) is 46.3 Å². The van der Waals surface area contributed by atoms with E-state index in [0.717, 1.165) is 35.7 Å². The maximum absolute atomic E-state index is 13.1. The number of likely N-dealkylation sites (tertiary alicyclic amines) is 1. The van der Waals surface area contributed by atoms with Crippen LogP contribution in [0.3, 0.4) is 0 Å². The van der Waals surface area contributed by atoms with Gasteiger partial charge in [0.2, 0.25) is 5.91 Å². The molecule has 0 radical (unpaired) electrons. The molecule has 0 aromatic heterocycles. The van der Waals surface area contributed by atoms with Gasteiger partial charge in [-0.05, 0) is 55.5 Å². The van der Waals surface area contributed by atoms with Crippen molar-refractivity contribution in [2.24, 2.45) is 0 Å². The smallest absolute Gasteiger partial charge is 0.251 e. The van der Waals surface area contributed by atoms with Crippen LogP contribution in [0.2, 0.25) is 0 Å². The van der Waals surface area contributed by atoms with Gasteiger partial charge in [-0.15, -0.1) is 0 Å². The molecule has 1 N–H and O–H groups in total. The van der Waals surface area contributed by atoms with E-state index >= 15 is 0 Å². The molecule has 2 aliphatic rings. The van der Waals surface area contributed by atoms with Crippen LogP contribution in [0.1, 0.15) is 41.6 Å². The summed E-state index contributed by atoms with van der Waals surface area (Å²) in [7, 11) is 0. The Morgan fingerprint density at radius 2 is 1.59 bits per heavy atom. The number of hydrogen-bond donors (Lipinski definition) is 1. The average molecular weight is 427 g/mol. The highest BCUT2D eigenvalue weighted by molar-refractivity contribution is 9.10. The molecule has 1 heterocycles. The molecule has 1 aliphatic heterocycles. The molecule has 2 aromatic carbocycles. The van der Waals surface area contributed by atoms with E-state index in [0.29, 0.717) is 18.7 Å². The van der Waals surface area contributed by atoms with Crippen LogP contribution in [-0.4, -0.2) is 35.8 Å². The minimum absolute atomic E-state index is 0.0334. The minimum atomic E-state index is -0.319. The molecule has 4 nitrogen and oxygen atoms in total. The van der Waals surface area contributed by atoms with E-state index < -0.39 is 0 Å². The molecule has 0 spiro atoms. The third kappa shape index (κ3) is 3.79. The maximum Gasteiger partial charge on any atom is 0.251 e. The van der Waals surface area contributed by atoms with Gasteiger partial charge in [0.25, 0.3) is 5.91 Å². The van der Waals surface area contributed by atoms with Crippen LogP contribution in [0.5, 0.6) is 0 Å². The normalized spacial score (nSPS) is 18.8. The second-order valence-corrected chi connectivity index (χ2v) is 8.41. The molecule has 0 bridgehead atoms. The van der Waals surface area contributed by atoms with Gasteiger partial charge in [0.05, 0.1) is 5.41 Å². The lowest BCUT2D eigenvalue weighted by molar-refractivity contribution is -0.135. The van der Waals surface area contributed by atoms with E-state index in [9.17, 15) is 9.59 Å². The lowest BCUT2D eigenvalue weighted by Gasteiger charge is -2.35. The molecule has 4 rings (SSSR count). The molecule has 0 atom stereocenters. The largest absolute Gasteiger partial charge is 0.349 e. The van der Waals surface area contributed by atoms with E-state index in [-0.39, 0.29) is 23.3 Å². The third-order valence-corrected chi connectivity index (χ3v) is 6.24. The van der Waals surface area contributed by atoms with Crippen LogP contribution >= 0.6 is 15.9 Å².